The smallest absolute Gasteiger partial charge is 0.138 e. The molecule has 74 valence electrons. The first-order valence-corrected chi connectivity index (χ1v) is 5.56. The SMILES string of the molecule is CC(C)n1cnnc1Cc1cccs1. The number of rotatable bonds is 3. The van der Waals surface area contributed by atoms with Crippen LogP contribution >= 0.6 is 11.3 Å². The van der Waals surface area contributed by atoms with Gasteiger partial charge in [0.05, 0.1) is 0 Å². The van der Waals surface area contributed by atoms with Crippen LogP contribution in [0.2, 0.25) is 0 Å². The zero-order valence-corrected chi connectivity index (χ0v) is 9.16. The van der Waals surface area contributed by atoms with E-state index >= 15 is 0 Å². The largest absolute Gasteiger partial charge is 0.315 e. The van der Waals surface area contributed by atoms with Gasteiger partial charge in [-0.1, -0.05) is 6.07 Å². The van der Waals surface area contributed by atoms with Gasteiger partial charge in [-0.25, -0.2) is 0 Å². The number of thiophene rings is 1. The summed E-state index contributed by atoms with van der Waals surface area (Å²) in [5.41, 5.74) is 0. The van der Waals surface area contributed by atoms with Crippen LogP contribution < -0.4 is 0 Å². The summed E-state index contributed by atoms with van der Waals surface area (Å²) in [6, 6.07) is 4.63. The highest BCUT2D eigenvalue weighted by Gasteiger charge is 2.07. The molecule has 0 aliphatic heterocycles. The number of nitrogens with zero attached hydrogens (tertiary/aromatic N) is 3. The maximum absolute atomic E-state index is 4.13. The predicted molar refractivity (Wildman–Crippen MR) is 57.5 cm³/mol. The number of aromatic nitrogens is 3. The van der Waals surface area contributed by atoms with E-state index in [0.29, 0.717) is 6.04 Å². The molecule has 0 atom stereocenters. The highest BCUT2D eigenvalue weighted by Crippen LogP contribution is 2.15. The standard InChI is InChI=1S/C10H13N3S/c1-8(2)13-7-11-12-10(13)6-9-4-3-5-14-9/h3-5,7-8H,6H2,1-2H3. The third-order valence-electron chi connectivity index (χ3n) is 2.12. The molecule has 0 aliphatic rings. The zero-order valence-electron chi connectivity index (χ0n) is 8.34. The molecule has 2 aromatic heterocycles. The monoisotopic (exact) mass is 207 g/mol. The van der Waals surface area contributed by atoms with E-state index in [9.17, 15) is 0 Å². The van der Waals surface area contributed by atoms with Crippen LogP contribution in [0.5, 0.6) is 0 Å². The Balaban J connectivity index is 2.21. The van der Waals surface area contributed by atoms with Gasteiger partial charge < -0.3 is 4.57 Å². The Labute approximate surface area is 87.4 Å². The van der Waals surface area contributed by atoms with E-state index in [4.69, 9.17) is 0 Å². The summed E-state index contributed by atoms with van der Waals surface area (Å²) in [4.78, 5) is 1.33. The lowest BCUT2D eigenvalue weighted by molar-refractivity contribution is 0.574. The minimum atomic E-state index is 0.431. The Morgan fingerprint density at radius 1 is 1.50 bits per heavy atom. The van der Waals surface area contributed by atoms with Crippen molar-refractivity contribution < 1.29 is 0 Å². The average molecular weight is 207 g/mol. The highest BCUT2D eigenvalue weighted by atomic mass is 32.1. The maximum atomic E-state index is 4.13. The van der Waals surface area contributed by atoms with E-state index in [0.717, 1.165) is 12.2 Å². The van der Waals surface area contributed by atoms with Crippen molar-refractivity contribution in [2.45, 2.75) is 26.3 Å². The summed E-state index contributed by atoms with van der Waals surface area (Å²) in [7, 11) is 0. The van der Waals surface area contributed by atoms with Gasteiger partial charge >= 0.3 is 0 Å². The van der Waals surface area contributed by atoms with E-state index in [1.165, 1.54) is 4.88 Å². The highest BCUT2D eigenvalue weighted by molar-refractivity contribution is 7.09. The summed E-state index contributed by atoms with van der Waals surface area (Å²) >= 11 is 1.76. The van der Waals surface area contributed by atoms with Crippen molar-refractivity contribution in [3.8, 4) is 0 Å². The average Bonchev–Trinajstić information content (AvgIpc) is 2.75. The summed E-state index contributed by atoms with van der Waals surface area (Å²) in [5.74, 6) is 1.04. The van der Waals surface area contributed by atoms with Crippen molar-refractivity contribution in [1.82, 2.24) is 14.8 Å². The van der Waals surface area contributed by atoms with E-state index in [1.807, 2.05) is 0 Å². The lowest BCUT2D eigenvalue weighted by atomic mass is 10.3. The molecule has 0 unspecified atom stereocenters. The minimum absolute atomic E-state index is 0.431. The second kappa shape index (κ2) is 3.92. The van der Waals surface area contributed by atoms with Crippen LogP contribution in [0, 0.1) is 0 Å². The Kier molecular flexibility index (Phi) is 2.63. The van der Waals surface area contributed by atoms with Gasteiger partial charge in [0.15, 0.2) is 0 Å². The van der Waals surface area contributed by atoms with E-state index in [-0.39, 0.29) is 0 Å². The molecule has 0 spiro atoms. The van der Waals surface area contributed by atoms with Crippen LogP contribution in [0.25, 0.3) is 0 Å². The Morgan fingerprint density at radius 3 is 3.00 bits per heavy atom. The topological polar surface area (TPSA) is 30.7 Å². The molecule has 2 rings (SSSR count). The van der Waals surface area contributed by atoms with Crippen molar-refractivity contribution in [1.29, 1.82) is 0 Å². The lowest BCUT2D eigenvalue weighted by Gasteiger charge is -2.08. The second-order valence-electron chi connectivity index (χ2n) is 3.50. The third-order valence-corrected chi connectivity index (χ3v) is 2.99. The molecule has 0 bridgehead atoms. The first-order chi connectivity index (χ1) is 6.77. The molecule has 0 saturated carbocycles. The second-order valence-corrected chi connectivity index (χ2v) is 4.54. The van der Waals surface area contributed by atoms with Gasteiger partial charge in [-0.05, 0) is 25.3 Å². The number of hydrogen-bond donors (Lipinski definition) is 0. The first-order valence-electron chi connectivity index (χ1n) is 4.68. The van der Waals surface area contributed by atoms with Crippen LogP contribution in [-0.2, 0) is 6.42 Å². The van der Waals surface area contributed by atoms with Crippen molar-refractivity contribution in [3.05, 3.63) is 34.5 Å². The Morgan fingerprint density at radius 2 is 2.36 bits per heavy atom. The lowest BCUT2D eigenvalue weighted by Crippen LogP contribution is -2.05. The molecule has 0 aromatic carbocycles. The molecule has 0 saturated heterocycles. The maximum Gasteiger partial charge on any atom is 0.138 e. The van der Waals surface area contributed by atoms with Crippen molar-refractivity contribution in [2.24, 2.45) is 0 Å². The first kappa shape index (κ1) is 9.40. The fourth-order valence-corrected chi connectivity index (χ4v) is 2.09. The van der Waals surface area contributed by atoms with Crippen LogP contribution in [0.15, 0.2) is 23.8 Å². The molecule has 2 aromatic rings. The van der Waals surface area contributed by atoms with E-state index in [2.05, 4.69) is 46.1 Å². The molecule has 0 fully saturated rings. The normalized spacial score (nSPS) is 11.1. The zero-order chi connectivity index (χ0) is 9.97. The Bertz CT molecular complexity index is 389. The molecular formula is C10H13N3S. The predicted octanol–water partition coefficient (Wildman–Crippen LogP) is 2.51. The van der Waals surface area contributed by atoms with Crippen LogP contribution in [0.1, 0.15) is 30.6 Å². The summed E-state index contributed by atoms with van der Waals surface area (Å²) in [6.45, 7) is 4.28. The van der Waals surface area contributed by atoms with Gasteiger partial charge in [0, 0.05) is 17.3 Å². The fourth-order valence-electron chi connectivity index (χ4n) is 1.39. The van der Waals surface area contributed by atoms with Crippen LogP contribution in [0.4, 0.5) is 0 Å². The molecule has 2 heterocycles. The van der Waals surface area contributed by atoms with Gasteiger partial charge in [0.25, 0.3) is 0 Å². The molecule has 4 heteroatoms. The van der Waals surface area contributed by atoms with E-state index < -0.39 is 0 Å². The Hall–Kier alpha value is -1.16. The summed E-state index contributed by atoms with van der Waals surface area (Å²) in [6.07, 6.45) is 2.68. The van der Waals surface area contributed by atoms with Gasteiger partial charge in [0.1, 0.15) is 12.2 Å². The molecule has 0 radical (unpaired) electrons. The molecule has 3 nitrogen and oxygen atoms in total. The van der Waals surface area contributed by atoms with Gasteiger partial charge in [-0.3, -0.25) is 0 Å². The van der Waals surface area contributed by atoms with Gasteiger partial charge in [-0.2, -0.15) is 0 Å². The van der Waals surface area contributed by atoms with E-state index in [1.54, 1.807) is 17.7 Å². The summed E-state index contributed by atoms with van der Waals surface area (Å²) < 4.78 is 2.11. The van der Waals surface area contributed by atoms with Crippen molar-refractivity contribution >= 4 is 11.3 Å². The van der Waals surface area contributed by atoms with Crippen LogP contribution in [0.3, 0.4) is 0 Å². The molecule has 0 N–H and O–H groups in total. The number of hydrogen-bond acceptors (Lipinski definition) is 3. The molecule has 0 amide bonds. The minimum Gasteiger partial charge on any atom is -0.315 e. The molecular weight excluding hydrogens is 194 g/mol. The quantitative estimate of drug-likeness (QED) is 0.774. The fraction of sp³-hybridized carbons (Fsp3) is 0.400. The van der Waals surface area contributed by atoms with Crippen LogP contribution in [-0.4, -0.2) is 14.8 Å². The van der Waals surface area contributed by atoms with Crippen molar-refractivity contribution in [3.63, 3.8) is 0 Å². The van der Waals surface area contributed by atoms with Gasteiger partial charge in [0.2, 0.25) is 0 Å². The van der Waals surface area contributed by atoms with Crippen molar-refractivity contribution in [2.75, 3.05) is 0 Å². The van der Waals surface area contributed by atoms with Gasteiger partial charge in [-0.15, -0.1) is 21.5 Å². The summed E-state index contributed by atoms with van der Waals surface area (Å²) in [5, 5.41) is 10.2. The molecule has 0 aliphatic carbocycles. The molecule has 14 heavy (non-hydrogen) atoms. The third kappa shape index (κ3) is 1.85.